The van der Waals surface area contributed by atoms with Gasteiger partial charge in [0.05, 0.1) is 6.04 Å². The van der Waals surface area contributed by atoms with Crippen molar-refractivity contribution in [3.8, 4) is 5.75 Å². The largest absolute Gasteiger partial charge is 0.427 e. The maximum atomic E-state index is 10.6. The Morgan fingerprint density at radius 1 is 1.47 bits per heavy atom. The zero-order valence-corrected chi connectivity index (χ0v) is 8.47. The molecule has 0 aliphatic heterocycles. The molecule has 0 unspecified atom stereocenters. The van der Waals surface area contributed by atoms with Crippen LogP contribution in [0.25, 0.3) is 0 Å². The van der Waals surface area contributed by atoms with Crippen molar-refractivity contribution in [1.82, 2.24) is 0 Å². The topological polar surface area (TPSA) is 69.4 Å². The Bertz CT molecular complexity index is 345. The molecule has 80 valence electrons. The second kappa shape index (κ2) is 5.26. The molecule has 0 amide bonds. The number of esters is 1. The van der Waals surface area contributed by atoms with E-state index in [2.05, 4.69) is 0 Å². The molecule has 2 N–H and O–H groups in total. The number of rotatable bonds is 4. The lowest BCUT2D eigenvalue weighted by Crippen LogP contribution is -2.23. The quantitative estimate of drug-likeness (QED) is 0.448. The fraction of sp³-hybridized carbons (Fsp3) is 0.273. The van der Waals surface area contributed by atoms with Crippen LogP contribution in [-0.4, -0.2) is 18.3 Å². The summed E-state index contributed by atoms with van der Waals surface area (Å²) >= 11 is 0. The lowest BCUT2D eigenvalue weighted by molar-refractivity contribution is -0.131. The Morgan fingerprint density at radius 2 is 2.07 bits per heavy atom. The van der Waals surface area contributed by atoms with Gasteiger partial charge in [-0.05, 0) is 24.1 Å². The molecule has 1 rings (SSSR count). The first-order valence-electron chi connectivity index (χ1n) is 4.60. The van der Waals surface area contributed by atoms with Gasteiger partial charge in [-0.1, -0.05) is 12.1 Å². The molecule has 0 aromatic heterocycles. The Labute approximate surface area is 88.0 Å². The van der Waals surface area contributed by atoms with Crippen LogP contribution in [0.15, 0.2) is 24.3 Å². The number of hydrogen-bond donors (Lipinski definition) is 1. The van der Waals surface area contributed by atoms with E-state index in [-0.39, 0.29) is 5.97 Å². The first-order chi connectivity index (χ1) is 7.11. The predicted octanol–water partition coefficient (Wildman–Crippen LogP) is 0.681. The van der Waals surface area contributed by atoms with Gasteiger partial charge >= 0.3 is 5.97 Å². The second-order valence-corrected chi connectivity index (χ2v) is 3.24. The molecule has 0 saturated carbocycles. The molecule has 0 saturated heterocycles. The van der Waals surface area contributed by atoms with Crippen LogP contribution in [0.3, 0.4) is 0 Å². The summed E-state index contributed by atoms with van der Waals surface area (Å²) in [5.41, 5.74) is 6.41. The SMILES string of the molecule is CC(=O)Oc1ccc(C[C@H](N)C=O)cc1. The van der Waals surface area contributed by atoms with Crippen LogP contribution in [-0.2, 0) is 16.0 Å². The summed E-state index contributed by atoms with van der Waals surface area (Å²) in [7, 11) is 0. The minimum atomic E-state index is -0.482. The van der Waals surface area contributed by atoms with Gasteiger partial charge in [-0.15, -0.1) is 0 Å². The van der Waals surface area contributed by atoms with Gasteiger partial charge in [0.1, 0.15) is 12.0 Å². The van der Waals surface area contributed by atoms with E-state index in [0.717, 1.165) is 5.56 Å². The number of carbonyl (C=O) groups is 2. The van der Waals surface area contributed by atoms with Crippen LogP contribution in [0.5, 0.6) is 5.75 Å². The number of hydrogen-bond acceptors (Lipinski definition) is 4. The molecule has 0 spiro atoms. The predicted molar refractivity (Wildman–Crippen MR) is 55.5 cm³/mol. The first-order valence-corrected chi connectivity index (χ1v) is 4.60. The monoisotopic (exact) mass is 207 g/mol. The molecule has 0 aliphatic rings. The van der Waals surface area contributed by atoms with Gasteiger partial charge in [-0.3, -0.25) is 4.79 Å². The molecule has 0 bridgehead atoms. The lowest BCUT2D eigenvalue weighted by Gasteiger charge is -2.05. The van der Waals surface area contributed by atoms with Gasteiger partial charge in [0.2, 0.25) is 0 Å². The van der Waals surface area contributed by atoms with Gasteiger partial charge in [0.25, 0.3) is 0 Å². The third-order valence-corrected chi connectivity index (χ3v) is 1.83. The average Bonchev–Trinajstić information content (AvgIpc) is 2.20. The van der Waals surface area contributed by atoms with Crippen molar-refractivity contribution in [2.75, 3.05) is 0 Å². The highest BCUT2D eigenvalue weighted by Gasteiger charge is 2.03. The summed E-state index contributed by atoms with van der Waals surface area (Å²) < 4.78 is 4.86. The van der Waals surface area contributed by atoms with Crippen molar-refractivity contribution >= 4 is 12.3 Å². The molecular weight excluding hydrogens is 194 g/mol. The van der Waals surface area contributed by atoms with Crippen molar-refractivity contribution < 1.29 is 14.3 Å². The summed E-state index contributed by atoms with van der Waals surface area (Å²) in [6, 6.07) is 6.43. The highest BCUT2D eigenvalue weighted by Crippen LogP contribution is 2.13. The van der Waals surface area contributed by atoms with E-state index in [4.69, 9.17) is 10.5 Å². The van der Waals surface area contributed by atoms with Crippen LogP contribution in [0.4, 0.5) is 0 Å². The molecule has 1 aromatic carbocycles. The smallest absolute Gasteiger partial charge is 0.308 e. The van der Waals surface area contributed by atoms with E-state index >= 15 is 0 Å². The van der Waals surface area contributed by atoms with Gasteiger partial charge in [-0.2, -0.15) is 0 Å². The maximum Gasteiger partial charge on any atom is 0.308 e. The molecule has 1 atom stereocenters. The van der Waals surface area contributed by atoms with Crippen LogP contribution in [0.2, 0.25) is 0 Å². The minimum Gasteiger partial charge on any atom is -0.427 e. The Hall–Kier alpha value is -1.68. The summed E-state index contributed by atoms with van der Waals surface area (Å²) in [4.78, 5) is 21.0. The Balaban J connectivity index is 2.63. The average molecular weight is 207 g/mol. The minimum absolute atomic E-state index is 0.354. The maximum absolute atomic E-state index is 10.6. The Kier molecular flexibility index (Phi) is 4.00. The summed E-state index contributed by atoms with van der Waals surface area (Å²) in [5, 5.41) is 0. The molecule has 4 heteroatoms. The fourth-order valence-electron chi connectivity index (χ4n) is 1.18. The van der Waals surface area contributed by atoms with E-state index in [1.165, 1.54) is 6.92 Å². The standard InChI is InChI=1S/C11H13NO3/c1-8(14)15-11-4-2-9(3-5-11)6-10(12)7-13/h2-5,7,10H,6,12H2,1H3/t10-/m0/s1. The van der Waals surface area contributed by atoms with E-state index in [9.17, 15) is 9.59 Å². The zero-order valence-electron chi connectivity index (χ0n) is 8.47. The number of carbonyl (C=O) groups excluding carboxylic acids is 2. The van der Waals surface area contributed by atoms with Crippen LogP contribution in [0, 0.1) is 0 Å². The van der Waals surface area contributed by atoms with E-state index in [0.29, 0.717) is 18.5 Å². The van der Waals surface area contributed by atoms with Gasteiger partial charge in [0.15, 0.2) is 0 Å². The van der Waals surface area contributed by atoms with Gasteiger partial charge < -0.3 is 15.3 Å². The number of aldehydes is 1. The highest BCUT2D eigenvalue weighted by molar-refractivity contribution is 5.69. The second-order valence-electron chi connectivity index (χ2n) is 3.24. The van der Waals surface area contributed by atoms with Crippen molar-refractivity contribution in [1.29, 1.82) is 0 Å². The third kappa shape index (κ3) is 3.91. The number of ether oxygens (including phenoxy) is 1. The lowest BCUT2D eigenvalue weighted by atomic mass is 10.1. The van der Waals surface area contributed by atoms with Crippen molar-refractivity contribution in [2.45, 2.75) is 19.4 Å². The van der Waals surface area contributed by atoms with Crippen LogP contribution in [0.1, 0.15) is 12.5 Å². The molecule has 15 heavy (non-hydrogen) atoms. The fourth-order valence-corrected chi connectivity index (χ4v) is 1.18. The highest BCUT2D eigenvalue weighted by atomic mass is 16.5. The Morgan fingerprint density at radius 3 is 2.53 bits per heavy atom. The van der Waals surface area contributed by atoms with Crippen molar-refractivity contribution in [2.24, 2.45) is 5.73 Å². The van der Waals surface area contributed by atoms with Gasteiger partial charge in [-0.25, -0.2) is 0 Å². The normalized spacial score (nSPS) is 11.9. The molecule has 4 nitrogen and oxygen atoms in total. The van der Waals surface area contributed by atoms with Crippen LogP contribution >= 0.6 is 0 Å². The number of benzene rings is 1. The van der Waals surface area contributed by atoms with E-state index < -0.39 is 6.04 Å². The number of nitrogens with two attached hydrogens (primary N) is 1. The summed E-state index contributed by atoms with van der Waals surface area (Å²) in [6.45, 7) is 1.34. The molecule has 0 fully saturated rings. The van der Waals surface area contributed by atoms with E-state index in [1.54, 1.807) is 24.3 Å². The van der Waals surface area contributed by atoms with Crippen molar-refractivity contribution in [3.63, 3.8) is 0 Å². The van der Waals surface area contributed by atoms with Crippen LogP contribution < -0.4 is 10.5 Å². The first kappa shape index (κ1) is 11.4. The molecule has 0 heterocycles. The zero-order chi connectivity index (χ0) is 11.3. The summed E-state index contributed by atoms with van der Waals surface area (Å²) in [5.74, 6) is 0.137. The van der Waals surface area contributed by atoms with Gasteiger partial charge in [0, 0.05) is 6.92 Å². The third-order valence-electron chi connectivity index (χ3n) is 1.83. The molecular formula is C11H13NO3. The molecule has 1 aromatic rings. The summed E-state index contributed by atoms with van der Waals surface area (Å²) in [6.07, 6.45) is 1.20. The molecule has 0 aliphatic carbocycles. The van der Waals surface area contributed by atoms with Crippen molar-refractivity contribution in [3.05, 3.63) is 29.8 Å². The van der Waals surface area contributed by atoms with E-state index in [1.807, 2.05) is 0 Å². The molecule has 0 radical (unpaired) electrons.